The van der Waals surface area contributed by atoms with Gasteiger partial charge in [-0.15, -0.1) is 0 Å². The molecule has 1 saturated heterocycles. The Balaban J connectivity index is 1.46. The molecule has 0 aromatic heterocycles. The lowest BCUT2D eigenvalue weighted by atomic mass is 9.96. The molecule has 2 bridgehead atoms. The molecule has 0 aromatic carbocycles. The van der Waals surface area contributed by atoms with Crippen molar-refractivity contribution in [3.63, 3.8) is 0 Å². The fourth-order valence-electron chi connectivity index (χ4n) is 4.42. The molecule has 0 aromatic rings. The topological polar surface area (TPSA) is 24.4 Å². The van der Waals surface area contributed by atoms with Crippen molar-refractivity contribution in [2.24, 2.45) is 16.8 Å². The molecule has 94 valence electrons. The molecule has 4 aliphatic rings. The van der Waals surface area contributed by atoms with Crippen LogP contribution >= 0.6 is 11.8 Å². The monoisotopic (exact) mass is 250 g/mol. The minimum absolute atomic E-state index is 0.446. The first kappa shape index (κ1) is 10.7. The summed E-state index contributed by atoms with van der Waals surface area (Å²) in [5.74, 6) is 3.21. The van der Waals surface area contributed by atoms with Gasteiger partial charge in [0.15, 0.2) is 5.17 Å². The van der Waals surface area contributed by atoms with Gasteiger partial charge in [0.1, 0.15) is 0 Å². The number of amidine groups is 1. The highest BCUT2D eigenvalue weighted by atomic mass is 32.2. The molecule has 1 heterocycles. The summed E-state index contributed by atoms with van der Waals surface area (Å²) in [5.41, 5.74) is 0.446. The van der Waals surface area contributed by atoms with Crippen LogP contribution < -0.4 is 5.32 Å². The van der Waals surface area contributed by atoms with Gasteiger partial charge in [0.25, 0.3) is 0 Å². The molecule has 3 unspecified atom stereocenters. The van der Waals surface area contributed by atoms with Crippen LogP contribution in [0.3, 0.4) is 0 Å². The van der Waals surface area contributed by atoms with Crippen LogP contribution in [0.25, 0.3) is 0 Å². The highest BCUT2D eigenvalue weighted by molar-refractivity contribution is 8.14. The first-order chi connectivity index (χ1) is 8.33. The van der Waals surface area contributed by atoms with E-state index in [1.54, 1.807) is 0 Å². The summed E-state index contributed by atoms with van der Waals surface area (Å²) in [6.07, 6.45) is 11.3. The minimum atomic E-state index is 0.446. The Morgan fingerprint density at radius 2 is 2.06 bits per heavy atom. The Bertz CT molecular complexity index is 346. The van der Waals surface area contributed by atoms with Crippen LogP contribution in [-0.2, 0) is 0 Å². The Morgan fingerprint density at radius 3 is 2.76 bits per heavy atom. The minimum Gasteiger partial charge on any atom is -0.359 e. The second-order valence-corrected chi connectivity index (χ2v) is 7.54. The standard InChI is InChI=1S/C14H22N2S/c1-2-6-14(5-1)9-17-13(16-14)15-12-8-10-3-4-11(12)7-10/h10-12H,1-9H2,(H,15,16). The van der Waals surface area contributed by atoms with Crippen molar-refractivity contribution in [2.75, 3.05) is 5.75 Å². The van der Waals surface area contributed by atoms with Crippen molar-refractivity contribution >= 4 is 16.9 Å². The third kappa shape index (κ3) is 1.81. The van der Waals surface area contributed by atoms with Crippen molar-refractivity contribution in [3.8, 4) is 0 Å². The number of hydrogen-bond acceptors (Lipinski definition) is 2. The summed E-state index contributed by atoms with van der Waals surface area (Å²) >= 11 is 1.99. The van der Waals surface area contributed by atoms with Gasteiger partial charge in [-0.25, -0.2) is 0 Å². The summed E-state index contributed by atoms with van der Waals surface area (Å²) in [6.45, 7) is 0. The van der Waals surface area contributed by atoms with Gasteiger partial charge in [0.2, 0.25) is 0 Å². The number of aliphatic imine (C=N–C) groups is 1. The quantitative estimate of drug-likeness (QED) is 0.773. The Hall–Kier alpha value is -0.180. The van der Waals surface area contributed by atoms with Crippen molar-refractivity contribution in [1.29, 1.82) is 0 Å². The number of rotatable bonds is 1. The molecule has 0 amide bonds. The van der Waals surface area contributed by atoms with E-state index in [0.29, 0.717) is 11.6 Å². The smallest absolute Gasteiger partial charge is 0.157 e. The molecule has 3 heteroatoms. The Morgan fingerprint density at radius 1 is 1.18 bits per heavy atom. The normalized spacial score (nSPS) is 44.9. The SMILES string of the molecule is C1CCC2(C1)CSC(=NC1CC3CCC1C3)N2. The molecule has 1 aliphatic heterocycles. The van der Waals surface area contributed by atoms with Crippen LogP contribution in [0, 0.1) is 11.8 Å². The molecule has 0 radical (unpaired) electrons. The van der Waals surface area contributed by atoms with Crippen LogP contribution in [0.2, 0.25) is 0 Å². The third-order valence-electron chi connectivity index (χ3n) is 5.40. The number of hydrogen-bond donors (Lipinski definition) is 1. The van der Waals surface area contributed by atoms with Crippen molar-refractivity contribution < 1.29 is 0 Å². The van der Waals surface area contributed by atoms with Crippen molar-refractivity contribution in [2.45, 2.75) is 62.9 Å². The first-order valence-corrected chi connectivity index (χ1v) is 8.30. The number of fused-ring (bicyclic) bond motifs is 2. The maximum atomic E-state index is 5.05. The van der Waals surface area contributed by atoms with Gasteiger partial charge in [-0.3, -0.25) is 4.99 Å². The molecular formula is C14H22N2S. The van der Waals surface area contributed by atoms with Crippen molar-refractivity contribution in [1.82, 2.24) is 5.32 Å². The third-order valence-corrected chi connectivity index (χ3v) is 6.58. The lowest BCUT2D eigenvalue weighted by Crippen LogP contribution is -2.41. The summed E-state index contributed by atoms with van der Waals surface area (Å²) in [7, 11) is 0. The van der Waals surface area contributed by atoms with Gasteiger partial charge in [-0.2, -0.15) is 0 Å². The number of nitrogens with zero attached hydrogens (tertiary/aromatic N) is 1. The van der Waals surface area contributed by atoms with E-state index in [2.05, 4.69) is 5.32 Å². The van der Waals surface area contributed by atoms with Gasteiger partial charge in [-0.1, -0.05) is 31.0 Å². The molecule has 4 rings (SSSR count). The fraction of sp³-hybridized carbons (Fsp3) is 0.929. The molecule has 2 nitrogen and oxygen atoms in total. The second-order valence-electron chi connectivity index (χ2n) is 6.58. The van der Waals surface area contributed by atoms with E-state index in [1.165, 1.54) is 62.3 Å². The van der Waals surface area contributed by atoms with Gasteiger partial charge < -0.3 is 5.32 Å². The highest BCUT2D eigenvalue weighted by Gasteiger charge is 2.42. The van der Waals surface area contributed by atoms with E-state index in [-0.39, 0.29) is 0 Å². The molecule has 3 saturated carbocycles. The second kappa shape index (κ2) is 3.91. The van der Waals surface area contributed by atoms with E-state index < -0.39 is 0 Å². The summed E-state index contributed by atoms with van der Waals surface area (Å²) < 4.78 is 0. The van der Waals surface area contributed by atoms with Crippen molar-refractivity contribution in [3.05, 3.63) is 0 Å². The number of nitrogens with one attached hydrogen (secondary N) is 1. The molecule has 1 spiro atoms. The zero-order chi connectivity index (χ0) is 11.3. The van der Waals surface area contributed by atoms with E-state index >= 15 is 0 Å². The average molecular weight is 250 g/mol. The van der Waals surface area contributed by atoms with Crippen LogP contribution in [0.1, 0.15) is 51.4 Å². The maximum Gasteiger partial charge on any atom is 0.157 e. The summed E-state index contributed by atoms with van der Waals surface area (Å²) in [5, 5.41) is 5.05. The van der Waals surface area contributed by atoms with Gasteiger partial charge in [0.05, 0.1) is 6.04 Å². The largest absolute Gasteiger partial charge is 0.359 e. The summed E-state index contributed by atoms with van der Waals surface area (Å²) in [6, 6.07) is 0.667. The van der Waals surface area contributed by atoms with Crippen LogP contribution in [0.4, 0.5) is 0 Å². The molecule has 17 heavy (non-hydrogen) atoms. The highest BCUT2D eigenvalue weighted by Crippen LogP contribution is 2.46. The molecule has 4 fully saturated rings. The van der Waals surface area contributed by atoms with E-state index in [9.17, 15) is 0 Å². The summed E-state index contributed by atoms with van der Waals surface area (Å²) in [4.78, 5) is 5.05. The Kier molecular flexibility index (Phi) is 2.46. The van der Waals surface area contributed by atoms with E-state index in [1.807, 2.05) is 11.8 Å². The van der Waals surface area contributed by atoms with Gasteiger partial charge in [0, 0.05) is 11.3 Å². The zero-order valence-corrected chi connectivity index (χ0v) is 11.3. The van der Waals surface area contributed by atoms with Gasteiger partial charge >= 0.3 is 0 Å². The Labute approximate surface area is 108 Å². The lowest BCUT2D eigenvalue weighted by molar-refractivity contribution is 0.415. The van der Waals surface area contributed by atoms with Gasteiger partial charge in [-0.05, 0) is 43.9 Å². The molecular weight excluding hydrogens is 228 g/mol. The molecule has 3 atom stereocenters. The zero-order valence-electron chi connectivity index (χ0n) is 10.5. The first-order valence-electron chi connectivity index (χ1n) is 7.32. The van der Waals surface area contributed by atoms with Crippen LogP contribution in [0.5, 0.6) is 0 Å². The molecule has 1 N–H and O–H groups in total. The fourth-order valence-corrected chi connectivity index (χ4v) is 5.69. The lowest BCUT2D eigenvalue weighted by Gasteiger charge is -2.23. The van der Waals surface area contributed by atoms with Crippen LogP contribution in [0.15, 0.2) is 4.99 Å². The van der Waals surface area contributed by atoms with E-state index in [4.69, 9.17) is 4.99 Å². The number of thioether (sulfide) groups is 1. The maximum absolute atomic E-state index is 5.05. The van der Waals surface area contributed by atoms with E-state index in [0.717, 1.165) is 11.8 Å². The molecule has 3 aliphatic carbocycles. The predicted molar refractivity (Wildman–Crippen MR) is 73.5 cm³/mol. The predicted octanol–water partition coefficient (Wildman–Crippen LogP) is 3.18. The van der Waals surface area contributed by atoms with Crippen LogP contribution in [-0.4, -0.2) is 22.5 Å². The average Bonchev–Trinajstić information content (AvgIpc) is 3.07.